The fraction of sp³-hybridized carbons (Fsp3) is 0.375. The highest BCUT2D eigenvalue weighted by Crippen LogP contribution is 2.36. The van der Waals surface area contributed by atoms with Crippen molar-refractivity contribution in [1.29, 1.82) is 0 Å². The smallest absolute Gasteiger partial charge is 0.291 e. The Morgan fingerprint density at radius 1 is 1.21 bits per heavy atom. The number of ether oxygens (including phenoxy) is 1. The SMILES string of the molecule is CN1C(=O)[C@@H](NC(=O)c2ncn(Cc3ccccc3)n2)CSc2cnc(OC3CCCC3)cc21. The van der Waals surface area contributed by atoms with Gasteiger partial charge in [-0.25, -0.2) is 14.6 Å². The van der Waals surface area contributed by atoms with Crippen LogP contribution in [0.3, 0.4) is 0 Å². The van der Waals surface area contributed by atoms with E-state index < -0.39 is 11.9 Å². The van der Waals surface area contributed by atoms with E-state index in [1.54, 1.807) is 22.8 Å². The summed E-state index contributed by atoms with van der Waals surface area (Å²) in [5.74, 6) is 0.264. The van der Waals surface area contributed by atoms with Crippen molar-refractivity contribution in [2.75, 3.05) is 17.7 Å². The summed E-state index contributed by atoms with van der Waals surface area (Å²) in [5.41, 5.74) is 1.79. The molecule has 1 saturated carbocycles. The number of rotatable bonds is 6. The molecule has 10 heteroatoms. The van der Waals surface area contributed by atoms with Crippen molar-refractivity contribution in [3.63, 3.8) is 0 Å². The molecule has 0 bridgehead atoms. The van der Waals surface area contributed by atoms with Crippen molar-refractivity contribution in [2.24, 2.45) is 0 Å². The molecule has 34 heavy (non-hydrogen) atoms. The highest BCUT2D eigenvalue weighted by atomic mass is 32.2. The summed E-state index contributed by atoms with van der Waals surface area (Å²) in [4.78, 5) is 37.0. The quantitative estimate of drug-likeness (QED) is 0.581. The van der Waals surface area contributed by atoms with Gasteiger partial charge < -0.3 is 15.0 Å². The Labute approximate surface area is 201 Å². The van der Waals surface area contributed by atoms with Crippen molar-refractivity contribution < 1.29 is 14.3 Å². The fourth-order valence-corrected chi connectivity index (χ4v) is 5.24. The van der Waals surface area contributed by atoms with Crippen LogP contribution in [0.25, 0.3) is 0 Å². The minimum atomic E-state index is -0.713. The number of nitrogens with zero attached hydrogens (tertiary/aromatic N) is 5. The lowest BCUT2D eigenvalue weighted by molar-refractivity contribution is -0.119. The summed E-state index contributed by atoms with van der Waals surface area (Å²) in [5, 5.41) is 7.07. The van der Waals surface area contributed by atoms with E-state index in [2.05, 4.69) is 20.4 Å². The first kappa shape index (κ1) is 22.4. The van der Waals surface area contributed by atoms with E-state index in [-0.39, 0.29) is 17.8 Å². The molecule has 3 heterocycles. The van der Waals surface area contributed by atoms with E-state index in [0.717, 1.165) is 29.0 Å². The molecule has 1 aromatic carbocycles. The number of carbonyl (C=O) groups excluding carboxylic acids is 2. The summed E-state index contributed by atoms with van der Waals surface area (Å²) >= 11 is 1.48. The Bertz CT molecular complexity index is 1180. The zero-order chi connectivity index (χ0) is 23.5. The maximum atomic E-state index is 13.2. The second-order valence-corrected chi connectivity index (χ2v) is 9.56. The van der Waals surface area contributed by atoms with Gasteiger partial charge in [-0.15, -0.1) is 16.9 Å². The lowest BCUT2D eigenvalue weighted by atomic mass is 10.2. The van der Waals surface area contributed by atoms with E-state index in [1.165, 1.54) is 30.9 Å². The van der Waals surface area contributed by atoms with Gasteiger partial charge in [0, 0.05) is 30.0 Å². The minimum absolute atomic E-state index is 0.0343. The highest BCUT2D eigenvalue weighted by molar-refractivity contribution is 7.99. The fourth-order valence-electron chi connectivity index (χ4n) is 4.20. The molecule has 2 amide bonds. The van der Waals surface area contributed by atoms with E-state index in [9.17, 15) is 9.59 Å². The molecule has 9 nitrogen and oxygen atoms in total. The van der Waals surface area contributed by atoms with Crippen LogP contribution in [0, 0.1) is 0 Å². The van der Waals surface area contributed by atoms with Gasteiger partial charge in [0.2, 0.25) is 17.6 Å². The van der Waals surface area contributed by atoms with E-state index >= 15 is 0 Å². The molecular weight excluding hydrogens is 452 g/mol. The third kappa shape index (κ3) is 4.91. The van der Waals surface area contributed by atoms with Crippen molar-refractivity contribution >= 4 is 29.3 Å². The average Bonchev–Trinajstić information content (AvgIpc) is 3.52. The molecule has 1 aliphatic carbocycles. The van der Waals surface area contributed by atoms with Crippen molar-refractivity contribution in [1.82, 2.24) is 25.1 Å². The minimum Gasteiger partial charge on any atom is -0.474 e. The zero-order valence-corrected chi connectivity index (χ0v) is 19.7. The largest absolute Gasteiger partial charge is 0.474 e. The number of amides is 2. The number of aromatic nitrogens is 4. The summed E-state index contributed by atoms with van der Waals surface area (Å²) in [6.45, 7) is 0.510. The maximum absolute atomic E-state index is 13.2. The molecule has 5 rings (SSSR count). The van der Waals surface area contributed by atoms with E-state index in [1.807, 2.05) is 36.4 Å². The molecular formula is C24H26N6O3S. The normalized spacial score (nSPS) is 18.4. The molecule has 3 aromatic rings. The number of carbonyl (C=O) groups is 2. The van der Waals surface area contributed by atoms with Gasteiger partial charge in [-0.05, 0) is 31.2 Å². The number of fused-ring (bicyclic) bond motifs is 1. The Kier molecular flexibility index (Phi) is 6.48. The van der Waals surface area contributed by atoms with Gasteiger partial charge in [0.1, 0.15) is 18.5 Å². The second kappa shape index (κ2) is 9.84. The van der Waals surface area contributed by atoms with Crippen LogP contribution in [-0.4, -0.2) is 56.5 Å². The molecule has 176 valence electrons. The molecule has 0 spiro atoms. The van der Waals surface area contributed by atoms with Crippen molar-refractivity contribution in [3.8, 4) is 5.88 Å². The van der Waals surface area contributed by atoms with Crippen LogP contribution in [0.15, 0.2) is 53.8 Å². The Hall–Kier alpha value is -3.40. The van der Waals surface area contributed by atoms with Crippen LogP contribution in [0.1, 0.15) is 41.9 Å². The van der Waals surface area contributed by atoms with Crippen LogP contribution < -0.4 is 15.0 Å². The van der Waals surface area contributed by atoms with Gasteiger partial charge in [-0.1, -0.05) is 30.3 Å². The number of pyridine rings is 1. The Morgan fingerprint density at radius 3 is 2.79 bits per heavy atom. The Morgan fingerprint density at radius 2 is 2.00 bits per heavy atom. The number of anilines is 1. The average molecular weight is 479 g/mol. The van der Waals surface area contributed by atoms with Gasteiger partial charge in [-0.2, -0.15) is 0 Å². The number of hydrogen-bond donors (Lipinski definition) is 1. The molecule has 1 atom stereocenters. The maximum Gasteiger partial charge on any atom is 0.291 e. The van der Waals surface area contributed by atoms with Gasteiger partial charge in [0.05, 0.1) is 12.2 Å². The van der Waals surface area contributed by atoms with Gasteiger partial charge >= 0.3 is 0 Å². The van der Waals surface area contributed by atoms with Crippen LogP contribution in [0.4, 0.5) is 5.69 Å². The third-order valence-electron chi connectivity index (χ3n) is 6.04. The van der Waals surface area contributed by atoms with Crippen molar-refractivity contribution in [2.45, 2.75) is 49.3 Å². The van der Waals surface area contributed by atoms with Crippen LogP contribution in [0.2, 0.25) is 0 Å². The number of thioether (sulfide) groups is 1. The summed E-state index contributed by atoms with van der Waals surface area (Å²) < 4.78 is 7.62. The topological polar surface area (TPSA) is 102 Å². The number of hydrogen-bond acceptors (Lipinski definition) is 7. The first-order chi connectivity index (χ1) is 16.6. The van der Waals surface area contributed by atoms with Crippen molar-refractivity contribution in [3.05, 3.63) is 60.3 Å². The predicted octanol–water partition coefficient (Wildman–Crippen LogP) is 2.91. The zero-order valence-electron chi connectivity index (χ0n) is 18.9. The lowest BCUT2D eigenvalue weighted by Gasteiger charge is -2.22. The molecule has 1 fully saturated rings. The molecule has 0 unspecified atom stereocenters. The first-order valence-electron chi connectivity index (χ1n) is 11.4. The number of nitrogens with one attached hydrogen (secondary N) is 1. The first-order valence-corrected chi connectivity index (χ1v) is 12.4. The number of benzene rings is 1. The Balaban J connectivity index is 1.25. The second-order valence-electron chi connectivity index (χ2n) is 8.50. The number of likely N-dealkylation sites (N-methyl/N-ethyl adjacent to an activating group) is 1. The third-order valence-corrected chi connectivity index (χ3v) is 7.16. The highest BCUT2D eigenvalue weighted by Gasteiger charge is 2.31. The van der Waals surface area contributed by atoms with Gasteiger partial charge in [0.25, 0.3) is 5.91 Å². The van der Waals surface area contributed by atoms with Gasteiger partial charge in [-0.3, -0.25) is 9.59 Å². The van der Waals surface area contributed by atoms with Crippen LogP contribution >= 0.6 is 11.8 Å². The standard InChI is InChI=1S/C24H26N6O3S/c1-29-19-11-21(33-17-9-5-6-10-17)25-12-20(19)34-14-18(24(29)32)27-23(31)22-26-15-30(28-22)13-16-7-3-2-4-8-16/h2-4,7-8,11-12,15,17-18H,5-6,9-10,13-14H2,1H3,(H,27,31)/t18-/m0/s1. The monoisotopic (exact) mass is 478 g/mol. The van der Waals surface area contributed by atoms with Crippen LogP contribution in [0.5, 0.6) is 5.88 Å². The van der Waals surface area contributed by atoms with Crippen LogP contribution in [-0.2, 0) is 11.3 Å². The molecule has 1 aliphatic heterocycles. The van der Waals surface area contributed by atoms with E-state index in [4.69, 9.17) is 4.74 Å². The molecule has 2 aromatic heterocycles. The molecule has 2 aliphatic rings. The summed E-state index contributed by atoms with van der Waals surface area (Å²) in [6.07, 6.45) is 7.86. The lowest BCUT2D eigenvalue weighted by Crippen LogP contribution is -2.48. The summed E-state index contributed by atoms with van der Waals surface area (Å²) in [7, 11) is 1.71. The summed E-state index contributed by atoms with van der Waals surface area (Å²) in [6, 6.07) is 10.9. The molecule has 0 saturated heterocycles. The molecule has 0 radical (unpaired) electrons. The molecule has 1 N–H and O–H groups in total. The predicted molar refractivity (Wildman–Crippen MR) is 128 cm³/mol. The van der Waals surface area contributed by atoms with E-state index in [0.29, 0.717) is 18.2 Å². The van der Waals surface area contributed by atoms with Gasteiger partial charge in [0.15, 0.2) is 0 Å².